The number of anilines is 1. The van der Waals surface area contributed by atoms with Crippen molar-refractivity contribution in [3.05, 3.63) is 58.1 Å². The van der Waals surface area contributed by atoms with Gasteiger partial charge in [-0.1, -0.05) is 24.3 Å². The monoisotopic (exact) mass is 284 g/mol. The molecular weight excluding hydrogens is 264 g/mol. The van der Waals surface area contributed by atoms with Crippen LogP contribution in [-0.2, 0) is 20.0 Å². The summed E-state index contributed by atoms with van der Waals surface area (Å²) in [7, 11) is 3.70. The maximum atomic E-state index is 12.4. The van der Waals surface area contributed by atoms with Crippen molar-refractivity contribution in [2.24, 2.45) is 7.05 Å². The second-order valence-electron chi connectivity index (χ2n) is 5.48. The zero-order valence-electron chi connectivity index (χ0n) is 12.4. The SMILES string of the molecule is CNCC1Cc2ccccc2CN1c1nccn(C)c1=O. The van der Waals surface area contributed by atoms with Crippen molar-refractivity contribution in [2.75, 3.05) is 18.5 Å². The van der Waals surface area contributed by atoms with E-state index in [0.29, 0.717) is 5.82 Å². The largest absolute Gasteiger partial charge is 0.343 e. The van der Waals surface area contributed by atoms with Crippen molar-refractivity contribution in [3.63, 3.8) is 0 Å². The first-order valence-electron chi connectivity index (χ1n) is 7.20. The Hall–Kier alpha value is -2.14. The first kappa shape index (κ1) is 13.8. The van der Waals surface area contributed by atoms with Crippen molar-refractivity contribution >= 4 is 5.82 Å². The molecule has 1 aliphatic heterocycles. The summed E-state index contributed by atoms with van der Waals surface area (Å²) in [5, 5.41) is 3.22. The van der Waals surface area contributed by atoms with Gasteiger partial charge in [0.1, 0.15) is 0 Å². The molecule has 1 aromatic carbocycles. The summed E-state index contributed by atoms with van der Waals surface area (Å²) in [6, 6.07) is 8.67. The van der Waals surface area contributed by atoms with Gasteiger partial charge in [-0.2, -0.15) is 0 Å². The van der Waals surface area contributed by atoms with Crippen molar-refractivity contribution in [1.29, 1.82) is 0 Å². The molecule has 21 heavy (non-hydrogen) atoms. The molecule has 1 aliphatic rings. The highest BCUT2D eigenvalue weighted by molar-refractivity contribution is 5.44. The van der Waals surface area contributed by atoms with E-state index in [1.807, 2.05) is 13.1 Å². The Balaban J connectivity index is 2.03. The van der Waals surface area contributed by atoms with Gasteiger partial charge in [-0.15, -0.1) is 0 Å². The van der Waals surface area contributed by atoms with E-state index in [0.717, 1.165) is 19.5 Å². The van der Waals surface area contributed by atoms with Gasteiger partial charge in [0.2, 0.25) is 0 Å². The number of aromatic nitrogens is 2. The van der Waals surface area contributed by atoms with Gasteiger partial charge in [-0.25, -0.2) is 4.98 Å². The lowest BCUT2D eigenvalue weighted by Crippen LogP contribution is -2.48. The summed E-state index contributed by atoms with van der Waals surface area (Å²) in [6.07, 6.45) is 4.31. The van der Waals surface area contributed by atoms with Crippen LogP contribution in [0.25, 0.3) is 0 Å². The number of hydrogen-bond donors (Lipinski definition) is 1. The lowest BCUT2D eigenvalue weighted by Gasteiger charge is -2.37. The fraction of sp³-hybridized carbons (Fsp3) is 0.375. The maximum absolute atomic E-state index is 12.4. The third-order valence-corrected chi connectivity index (χ3v) is 4.07. The topological polar surface area (TPSA) is 50.2 Å². The van der Waals surface area contributed by atoms with E-state index in [4.69, 9.17) is 0 Å². The van der Waals surface area contributed by atoms with E-state index in [9.17, 15) is 4.79 Å². The van der Waals surface area contributed by atoms with Crippen LogP contribution in [0.1, 0.15) is 11.1 Å². The van der Waals surface area contributed by atoms with Crippen LogP contribution >= 0.6 is 0 Å². The van der Waals surface area contributed by atoms with Crippen molar-refractivity contribution < 1.29 is 0 Å². The van der Waals surface area contributed by atoms with Crippen LogP contribution in [0, 0.1) is 0 Å². The number of hydrogen-bond acceptors (Lipinski definition) is 4. The fourth-order valence-corrected chi connectivity index (χ4v) is 2.93. The molecule has 1 atom stereocenters. The quantitative estimate of drug-likeness (QED) is 0.911. The molecular formula is C16H20N4O. The number of aryl methyl sites for hydroxylation is 1. The zero-order chi connectivity index (χ0) is 14.8. The van der Waals surface area contributed by atoms with Crippen LogP contribution < -0.4 is 15.8 Å². The molecule has 0 fully saturated rings. The lowest BCUT2D eigenvalue weighted by atomic mass is 9.94. The van der Waals surface area contributed by atoms with Crippen LogP contribution in [0.5, 0.6) is 0 Å². The zero-order valence-corrected chi connectivity index (χ0v) is 12.4. The van der Waals surface area contributed by atoms with Gasteiger partial charge >= 0.3 is 0 Å². The van der Waals surface area contributed by atoms with Gasteiger partial charge in [0, 0.05) is 38.6 Å². The number of nitrogens with zero attached hydrogens (tertiary/aromatic N) is 3. The third-order valence-electron chi connectivity index (χ3n) is 4.07. The molecule has 5 nitrogen and oxygen atoms in total. The molecule has 0 amide bonds. The highest BCUT2D eigenvalue weighted by Crippen LogP contribution is 2.25. The van der Waals surface area contributed by atoms with E-state index < -0.39 is 0 Å². The molecule has 5 heteroatoms. The molecule has 1 unspecified atom stereocenters. The van der Waals surface area contributed by atoms with E-state index >= 15 is 0 Å². The summed E-state index contributed by atoms with van der Waals surface area (Å²) in [5.41, 5.74) is 2.59. The van der Waals surface area contributed by atoms with E-state index in [1.165, 1.54) is 11.1 Å². The van der Waals surface area contributed by atoms with Crippen molar-refractivity contribution in [2.45, 2.75) is 19.0 Å². The Morgan fingerprint density at radius 3 is 2.86 bits per heavy atom. The van der Waals surface area contributed by atoms with Gasteiger partial charge in [0.25, 0.3) is 5.56 Å². The highest BCUT2D eigenvalue weighted by Gasteiger charge is 2.28. The van der Waals surface area contributed by atoms with Crippen molar-refractivity contribution in [1.82, 2.24) is 14.9 Å². The highest BCUT2D eigenvalue weighted by atomic mass is 16.1. The molecule has 1 aromatic heterocycles. The molecule has 2 heterocycles. The Morgan fingerprint density at radius 1 is 1.33 bits per heavy atom. The number of nitrogens with one attached hydrogen (secondary N) is 1. The minimum atomic E-state index is -0.0435. The van der Waals surface area contributed by atoms with Crippen LogP contribution in [0.2, 0.25) is 0 Å². The molecule has 2 aromatic rings. The molecule has 0 aliphatic carbocycles. The Labute approximate surface area is 124 Å². The number of benzene rings is 1. The predicted molar refractivity (Wildman–Crippen MR) is 83.5 cm³/mol. The summed E-state index contributed by atoms with van der Waals surface area (Å²) < 4.78 is 1.58. The average molecular weight is 284 g/mol. The summed E-state index contributed by atoms with van der Waals surface area (Å²) in [4.78, 5) is 18.8. The second kappa shape index (κ2) is 5.69. The van der Waals surface area contributed by atoms with E-state index in [-0.39, 0.29) is 11.6 Å². The van der Waals surface area contributed by atoms with E-state index in [1.54, 1.807) is 24.0 Å². The molecule has 110 valence electrons. The Bertz CT molecular complexity index is 695. The fourth-order valence-electron chi connectivity index (χ4n) is 2.93. The molecule has 0 saturated heterocycles. The number of likely N-dealkylation sites (N-methyl/N-ethyl adjacent to an activating group) is 1. The van der Waals surface area contributed by atoms with E-state index in [2.05, 4.69) is 33.4 Å². The predicted octanol–water partition coefficient (Wildman–Crippen LogP) is 0.931. The van der Waals surface area contributed by atoms with Crippen LogP contribution in [0.15, 0.2) is 41.5 Å². The lowest BCUT2D eigenvalue weighted by molar-refractivity contribution is 0.519. The minimum Gasteiger partial charge on any atom is -0.343 e. The Kier molecular flexibility index (Phi) is 3.75. The molecule has 0 radical (unpaired) electrons. The summed E-state index contributed by atoms with van der Waals surface area (Å²) in [6.45, 7) is 1.56. The summed E-state index contributed by atoms with van der Waals surface area (Å²) >= 11 is 0. The van der Waals surface area contributed by atoms with Gasteiger partial charge < -0.3 is 14.8 Å². The number of rotatable bonds is 3. The third kappa shape index (κ3) is 2.56. The average Bonchev–Trinajstić information content (AvgIpc) is 2.50. The number of fused-ring (bicyclic) bond motifs is 1. The standard InChI is InChI=1S/C16H20N4O/c1-17-10-14-9-12-5-3-4-6-13(12)11-20(14)15-16(21)19(2)8-7-18-15/h3-8,14,17H,9-11H2,1-2H3. The molecule has 3 rings (SSSR count). The first-order chi connectivity index (χ1) is 10.2. The van der Waals surface area contributed by atoms with Gasteiger partial charge in [0.05, 0.1) is 0 Å². The molecule has 0 spiro atoms. The molecule has 1 N–H and O–H groups in total. The van der Waals surface area contributed by atoms with Crippen LogP contribution in [-0.4, -0.2) is 29.2 Å². The maximum Gasteiger partial charge on any atom is 0.293 e. The first-order valence-corrected chi connectivity index (χ1v) is 7.20. The van der Waals surface area contributed by atoms with Crippen molar-refractivity contribution in [3.8, 4) is 0 Å². The Morgan fingerprint density at radius 2 is 2.10 bits per heavy atom. The smallest absolute Gasteiger partial charge is 0.293 e. The van der Waals surface area contributed by atoms with Gasteiger partial charge in [0.15, 0.2) is 5.82 Å². The molecule has 0 bridgehead atoms. The van der Waals surface area contributed by atoms with Crippen LogP contribution in [0.4, 0.5) is 5.82 Å². The van der Waals surface area contributed by atoms with Gasteiger partial charge in [-0.3, -0.25) is 4.79 Å². The van der Waals surface area contributed by atoms with Gasteiger partial charge in [-0.05, 0) is 24.6 Å². The minimum absolute atomic E-state index is 0.0435. The molecule has 0 saturated carbocycles. The summed E-state index contributed by atoms with van der Waals surface area (Å²) in [5.74, 6) is 0.537. The normalized spacial score (nSPS) is 17.6. The second-order valence-corrected chi connectivity index (χ2v) is 5.48. The van der Waals surface area contributed by atoms with Crippen LogP contribution in [0.3, 0.4) is 0 Å².